The Bertz CT molecular complexity index is 395. The van der Waals surface area contributed by atoms with Gasteiger partial charge in [-0.2, -0.15) is 0 Å². The normalized spacial score (nSPS) is 10.1. The minimum Gasteiger partial charge on any atom is -0.483 e. The van der Waals surface area contributed by atoms with Gasteiger partial charge in [-0.15, -0.1) is 0 Å². The fraction of sp³-hybridized carbons (Fsp3) is 0.417. The van der Waals surface area contributed by atoms with Crippen LogP contribution in [0.4, 0.5) is 0 Å². The minimum absolute atomic E-state index is 0.0579. The maximum Gasteiger partial charge on any atom is 0.260 e. The lowest BCUT2D eigenvalue weighted by Gasteiger charge is -2.16. The summed E-state index contributed by atoms with van der Waals surface area (Å²) in [5, 5.41) is 9.59. The predicted molar refractivity (Wildman–Crippen MR) is 66.2 cm³/mol. The summed E-state index contributed by atoms with van der Waals surface area (Å²) in [6, 6.07) is 5.06. The van der Waals surface area contributed by atoms with E-state index in [1.165, 1.54) is 0 Å². The van der Waals surface area contributed by atoms with Gasteiger partial charge in [0.25, 0.3) is 5.91 Å². The number of aliphatic hydroxyl groups is 1. The van der Waals surface area contributed by atoms with Gasteiger partial charge in [-0.25, -0.2) is 0 Å². The summed E-state index contributed by atoms with van der Waals surface area (Å²) in [7, 11) is 1.70. The standard InChI is InChI=1S/C12H16ClNO3/c1-3-14(2)12(16)8-17-11-6-4-5-10(13)9(11)7-15/h4-6,15H,3,7-8H2,1-2H3. The molecule has 1 amide bonds. The third-order valence-electron chi connectivity index (χ3n) is 2.49. The van der Waals surface area contributed by atoms with E-state index < -0.39 is 0 Å². The van der Waals surface area contributed by atoms with Crippen LogP contribution in [0.25, 0.3) is 0 Å². The Morgan fingerprint density at radius 2 is 2.24 bits per heavy atom. The van der Waals surface area contributed by atoms with Crippen LogP contribution in [0.15, 0.2) is 18.2 Å². The molecular weight excluding hydrogens is 242 g/mol. The molecule has 0 bridgehead atoms. The highest BCUT2D eigenvalue weighted by molar-refractivity contribution is 6.31. The number of halogens is 1. The number of carbonyl (C=O) groups excluding carboxylic acids is 1. The largest absolute Gasteiger partial charge is 0.483 e. The molecule has 0 saturated heterocycles. The zero-order chi connectivity index (χ0) is 12.8. The zero-order valence-electron chi connectivity index (χ0n) is 9.94. The molecule has 94 valence electrons. The monoisotopic (exact) mass is 257 g/mol. The highest BCUT2D eigenvalue weighted by Crippen LogP contribution is 2.26. The Labute approximate surface area is 106 Å². The Morgan fingerprint density at radius 3 is 2.82 bits per heavy atom. The Balaban J connectivity index is 2.69. The van der Waals surface area contributed by atoms with Crippen molar-refractivity contribution in [3.8, 4) is 5.75 Å². The molecule has 0 atom stereocenters. The molecule has 0 spiro atoms. The van der Waals surface area contributed by atoms with E-state index in [9.17, 15) is 4.79 Å². The lowest BCUT2D eigenvalue weighted by molar-refractivity contribution is -0.131. The molecule has 17 heavy (non-hydrogen) atoms. The molecule has 0 aromatic heterocycles. The molecule has 1 rings (SSSR count). The number of nitrogens with zero attached hydrogens (tertiary/aromatic N) is 1. The second-order valence-corrected chi connectivity index (χ2v) is 3.98. The number of aliphatic hydroxyl groups excluding tert-OH is 1. The average molecular weight is 258 g/mol. The number of hydrogen-bond donors (Lipinski definition) is 1. The van der Waals surface area contributed by atoms with Gasteiger partial charge in [0.1, 0.15) is 5.75 Å². The van der Waals surface area contributed by atoms with Crippen molar-refractivity contribution in [2.24, 2.45) is 0 Å². The van der Waals surface area contributed by atoms with Crippen LogP contribution in [0.2, 0.25) is 5.02 Å². The average Bonchev–Trinajstić information content (AvgIpc) is 2.34. The van der Waals surface area contributed by atoms with Crippen molar-refractivity contribution in [1.29, 1.82) is 0 Å². The minimum atomic E-state index is -0.215. The maximum atomic E-state index is 11.5. The molecule has 4 nitrogen and oxygen atoms in total. The van der Waals surface area contributed by atoms with E-state index in [0.29, 0.717) is 22.9 Å². The van der Waals surface area contributed by atoms with Crippen LogP contribution in [0.5, 0.6) is 5.75 Å². The number of carbonyl (C=O) groups is 1. The highest BCUT2D eigenvalue weighted by Gasteiger charge is 2.11. The first-order valence-corrected chi connectivity index (χ1v) is 5.73. The van der Waals surface area contributed by atoms with Crippen LogP contribution in [0.3, 0.4) is 0 Å². The van der Waals surface area contributed by atoms with Gasteiger partial charge in [-0.1, -0.05) is 17.7 Å². The molecule has 0 aliphatic rings. The topological polar surface area (TPSA) is 49.8 Å². The second kappa shape index (κ2) is 6.47. The predicted octanol–water partition coefficient (Wildman–Crippen LogP) is 1.69. The van der Waals surface area contributed by atoms with Crippen LogP contribution < -0.4 is 4.74 Å². The van der Waals surface area contributed by atoms with Crippen molar-refractivity contribution in [3.05, 3.63) is 28.8 Å². The SMILES string of the molecule is CCN(C)C(=O)COc1cccc(Cl)c1CO. The number of rotatable bonds is 5. The number of amides is 1. The summed E-state index contributed by atoms with van der Waals surface area (Å²) in [5.74, 6) is 0.328. The Kier molecular flexibility index (Phi) is 5.25. The van der Waals surface area contributed by atoms with Crippen LogP contribution in [0.1, 0.15) is 12.5 Å². The molecule has 0 fully saturated rings. The summed E-state index contributed by atoms with van der Waals surface area (Å²) in [6.45, 7) is 2.24. The first-order chi connectivity index (χ1) is 8.10. The Morgan fingerprint density at radius 1 is 1.53 bits per heavy atom. The molecule has 0 radical (unpaired) electrons. The van der Waals surface area contributed by atoms with Crippen LogP contribution >= 0.6 is 11.6 Å². The molecule has 0 aliphatic heterocycles. The fourth-order valence-corrected chi connectivity index (χ4v) is 1.48. The molecule has 0 saturated carbocycles. The van der Waals surface area contributed by atoms with Gasteiger partial charge in [0.2, 0.25) is 0 Å². The summed E-state index contributed by atoms with van der Waals surface area (Å²) in [5.41, 5.74) is 0.501. The smallest absolute Gasteiger partial charge is 0.260 e. The number of benzene rings is 1. The van der Waals surface area contributed by atoms with Crippen molar-refractivity contribution >= 4 is 17.5 Å². The molecule has 1 aromatic carbocycles. The van der Waals surface area contributed by atoms with E-state index in [4.69, 9.17) is 21.4 Å². The van der Waals surface area contributed by atoms with E-state index in [2.05, 4.69) is 0 Å². The number of ether oxygens (including phenoxy) is 1. The fourth-order valence-electron chi connectivity index (χ4n) is 1.25. The molecular formula is C12H16ClNO3. The summed E-state index contributed by atoms with van der Waals surface area (Å²) < 4.78 is 5.36. The van der Waals surface area contributed by atoms with E-state index in [1.54, 1.807) is 30.1 Å². The van der Waals surface area contributed by atoms with Crippen molar-refractivity contribution in [2.45, 2.75) is 13.5 Å². The molecule has 0 heterocycles. The zero-order valence-corrected chi connectivity index (χ0v) is 10.7. The highest BCUT2D eigenvalue weighted by atomic mass is 35.5. The van der Waals surface area contributed by atoms with Gasteiger partial charge >= 0.3 is 0 Å². The van der Waals surface area contributed by atoms with Gasteiger partial charge in [-0.05, 0) is 19.1 Å². The van der Waals surface area contributed by atoms with Gasteiger partial charge in [0, 0.05) is 24.2 Å². The maximum absolute atomic E-state index is 11.5. The molecule has 0 unspecified atom stereocenters. The van der Waals surface area contributed by atoms with E-state index in [-0.39, 0.29) is 19.1 Å². The van der Waals surface area contributed by atoms with Gasteiger partial charge in [-0.3, -0.25) is 4.79 Å². The molecule has 1 aromatic rings. The lowest BCUT2D eigenvalue weighted by atomic mass is 10.2. The first kappa shape index (κ1) is 13.8. The number of hydrogen-bond acceptors (Lipinski definition) is 3. The third-order valence-corrected chi connectivity index (χ3v) is 2.84. The second-order valence-electron chi connectivity index (χ2n) is 3.57. The molecule has 0 aliphatic carbocycles. The van der Waals surface area contributed by atoms with E-state index in [0.717, 1.165) is 0 Å². The van der Waals surface area contributed by atoms with Gasteiger partial charge < -0.3 is 14.7 Å². The van der Waals surface area contributed by atoms with Crippen molar-refractivity contribution in [3.63, 3.8) is 0 Å². The Hall–Kier alpha value is -1.26. The van der Waals surface area contributed by atoms with Gasteiger partial charge in [0.15, 0.2) is 6.61 Å². The lowest BCUT2D eigenvalue weighted by Crippen LogP contribution is -2.31. The number of likely N-dealkylation sites (N-methyl/N-ethyl adjacent to an activating group) is 1. The van der Waals surface area contributed by atoms with Gasteiger partial charge in [0.05, 0.1) is 6.61 Å². The van der Waals surface area contributed by atoms with E-state index >= 15 is 0 Å². The third kappa shape index (κ3) is 3.61. The molecule has 5 heteroatoms. The molecule has 1 N–H and O–H groups in total. The van der Waals surface area contributed by atoms with Crippen molar-refractivity contribution < 1.29 is 14.6 Å². The van der Waals surface area contributed by atoms with Crippen LogP contribution in [0, 0.1) is 0 Å². The quantitative estimate of drug-likeness (QED) is 0.873. The van der Waals surface area contributed by atoms with Crippen LogP contribution in [-0.4, -0.2) is 36.1 Å². The summed E-state index contributed by atoms with van der Waals surface area (Å²) >= 11 is 5.90. The van der Waals surface area contributed by atoms with Crippen molar-refractivity contribution in [2.75, 3.05) is 20.2 Å². The summed E-state index contributed by atoms with van der Waals surface area (Å²) in [4.78, 5) is 13.1. The van der Waals surface area contributed by atoms with Crippen LogP contribution in [-0.2, 0) is 11.4 Å². The summed E-state index contributed by atoms with van der Waals surface area (Å²) in [6.07, 6.45) is 0. The van der Waals surface area contributed by atoms with Crippen molar-refractivity contribution in [1.82, 2.24) is 4.90 Å². The first-order valence-electron chi connectivity index (χ1n) is 5.35. The van der Waals surface area contributed by atoms with E-state index in [1.807, 2.05) is 6.92 Å².